The Kier molecular flexibility index (Phi) is 5.33. The zero-order chi connectivity index (χ0) is 16.1. The summed E-state index contributed by atoms with van der Waals surface area (Å²) in [6.45, 7) is 3.78. The van der Waals surface area contributed by atoms with Crippen LogP contribution in [-0.2, 0) is 20.9 Å². The van der Waals surface area contributed by atoms with E-state index in [1.807, 2.05) is 12.1 Å². The van der Waals surface area contributed by atoms with Crippen LogP contribution in [0.4, 0.5) is 0 Å². The zero-order valence-electron chi connectivity index (χ0n) is 13.3. The lowest BCUT2D eigenvalue weighted by atomic mass is 9.95. The van der Waals surface area contributed by atoms with Crippen molar-refractivity contribution in [3.05, 3.63) is 24.2 Å². The first-order chi connectivity index (χ1) is 11.2. The highest BCUT2D eigenvalue weighted by molar-refractivity contribution is 5.78. The molecule has 1 N–H and O–H groups in total. The number of carbonyl (C=O) groups excluding carboxylic acids is 2. The number of piperidine rings is 1. The predicted octanol–water partition coefficient (Wildman–Crippen LogP) is 1.56. The number of hydrogen-bond acceptors (Lipinski definition) is 5. The topological polar surface area (TPSA) is 71.8 Å². The molecule has 2 saturated heterocycles. The largest absolute Gasteiger partial charge is 0.467 e. The van der Waals surface area contributed by atoms with E-state index in [-0.39, 0.29) is 23.7 Å². The van der Waals surface area contributed by atoms with Gasteiger partial charge in [-0.25, -0.2) is 0 Å². The lowest BCUT2D eigenvalue weighted by Gasteiger charge is -2.31. The Hall–Kier alpha value is -1.82. The highest BCUT2D eigenvalue weighted by Crippen LogP contribution is 2.22. The number of nitrogens with zero attached hydrogens (tertiary/aromatic N) is 1. The van der Waals surface area contributed by atoms with Crippen molar-refractivity contribution in [1.82, 2.24) is 10.2 Å². The van der Waals surface area contributed by atoms with Gasteiger partial charge in [-0.05, 0) is 57.5 Å². The smallest absolute Gasteiger partial charge is 0.309 e. The van der Waals surface area contributed by atoms with Crippen molar-refractivity contribution < 1.29 is 18.7 Å². The number of cyclic esters (lactones) is 1. The Morgan fingerprint density at radius 3 is 2.78 bits per heavy atom. The van der Waals surface area contributed by atoms with Crippen LogP contribution in [0.5, 0.6) is 0 Å². The van der Waals surface area contributed by atoms with Gasteiger partial charge in [0.1, 0.15) is 5.76 Å². The Morgan fingerprint density at radius 2 is 2.13 bits per heavy atom. The average Bonchev–Trinajstić information content (AvgIpc) is 3.23. The number of hydrogen-bond donors (Lipinski definition) is 1. The molecule has 2 fully saturated rings. The number of furan rings is 1. The van der Waals surface area contributed by atoms with E-state index >= 15 is 0 Å². The Morgan fingerprint density at radius 1 is 1.30 bits per heavy atom. The van der Waals surface area contributed by atoms with Crippen LogP contribution in [-0.4, -0.2) is 43.0 Å². The molecule has 1 aromatic rings. The van der Waals surface area contributed by atoms with Crippen LogP contribution in [0, 0.1) is 11.8 Å². The maximum atomic E-state index is 12.2. The van der Waals surface area contributed by atoms with Gasteiger partial charge in [-0.1, -0.05) is 0 Å². The Labute approximate surface area is 136 Å². The normalized spacial score (nSPS) is 23.0. The van der Waals surface area contributed by atoms with Gasteiger partial charge in [0.2, 0.25) is 5.91 Å². The van der Waals surface area contributed by atoms with E-state index in [4.69, 9.17) is 9.15 Å². The summed E-state index contributed by atoms with van der Waals surface area (Å²) >= 11 is 0. The molecule has 1 aromatic heterocycles. The van der Waals surface area contributed by atoms with Crippen LogP contribution in [0.1, 0.15) is 31.4 Å². The molecule has 0 spiro atoms. The lowest BCUT2D eigenvalue weighted by molar-refractivity contribution is -0.141. The van der Waals surface area contributed by atoms with E-state index < -0.39 is 0 Å². The van der Waals surface area contributed by atoms with Gasteiger partial charge in [0.15, 0.2) is 0 Å². The van der Waals surface area contributed by atoms with E-state index in [0.717, 1.165) is 51.1 Å². The Balaban J connectivity index is 1.34. The maximum Gasteiger partial charge on any atom is 0.309 e. The molecule has 2 aliphatic rings. The fraction of sp³-hybridized carbons (Fsp3) is 0.647. The summed E-state index contributed by atoms with van der Waals surface area (Å²) in [6, 6.07) is 3.68. The molecule has 126 valence electrons. The van der Waals surface area contributed by atoms with Gasteiger partial charge in [-0.2, -0.15) is 0 Å². The third-order valence-corrected chi connectivity index (χ3v) is 4.81. The third-order valence-electron chi connectivity index (χ3n) is 4.81. The van der Waals surface area contributed by atoms with Crippen molar-refractivity contribution in [2.45, 2.75) is 32.2 Å². The molecule has 0 saturated carbocycles. The van der Waals surface area contributed by atoms with Crippen molar-refractivity contribution in [1.29, 1.82) is 0 Å². The number of ether oxygens (including phenoxy) is 1. The zero-order valence-corrected chi connectivity index (χ0v) is 13.3. The summed E-state index contributed by atoms with van der Waals surface area (Å²) in [4.78, 5) is 26.0. The minimum atomic E-state index is -0.0443. The van der Waals surface area contributed by atoms with Gasteiger partial charge < -0.3 is 19.4 Å². The molecule has 2 aliphatic heterocycles. The first-order valence-electron chi connectivity index (χ1n) is 8.41. The standard InChI is InChI=1S/C17H24N2O4/c20-16(18-12-15-2-1-10-22-15)13-3-7-19(8-4-13)9-5-14-6-11-23-17(14)21/h1-2,10,13-14H,3-9,11-12H2,(H,18,20). The first-order valence-corrected chi connectivity index (χ1v) is 8.41. The van der Waals surface area contributed by atoms with Crippen LogP contribution in [0.2, 0.25) is 0 Å². The van der Waals surface area contributed by atoms with Gasteiger partial charge in [0, 0.05) is 5.92 Å². The molecule has 6 heteroatoms. The number of esters is 1. The van der Waals surface area contributed by atoms with E-state index in [0.29, 0.717) is 13.2 Å². The fourth-order valence-corrected chi connectivity index (χ4v) is 3.29. The van der Waals surface area contributed by atoms with Crippen molar-refractivity contribution in [3.63, 3.8) is 0 Å². The molecule has 0 aliphatic carbocycles. The summed E-state index contributed by atoms with van der Waals surface area (Å²) in [5.74, 6) is 0.999. The molecule has 23 heavy (non-hydrogen) atoms. The molecule has 0 radical (unpaired) electrons. The quantitative estimate of drug-likeness (QED) is 0.806. The molecule has 1 atom stereocenters. The molecule has 0 aromatic carbocycles. The second-order valence-electron chi connectivity index (χ2n) is 6.35. The first kappa shape index (κ1) is 16.1. The van der Waals surface area contributed by atoms with Crippen LogP contribution < -0.4 is 5.32 Å². The van der Waals surface area contributed by atoms with Gasteiger partial charge >= 0.3 is 5.97 Å². The van der Waals surface area contributed by atoms with Gasteiger partial charge in [0.05, 0.1) is 25.3 Å². The maximum absolute atomic E-state index is 12.2. The number of amides is 1. The third kappa shape index (κ3) is 4.34. The predicted molar refractivity (Wildman–Crippen MR) is 83.4 cm³/mol. The van der Waals surface area contributed by atoms with E-state index in [9.17, 15) is 9.59 Å². The van der Waals surface area contributed by atoms with E-state index in [1.54, 1.807) is 6.26 Å². The molecule has 0 bridgehead atoms. The molecule has 3 rings (SSSR count). The second kappa shape index (κ2) is 7.64. The highest BCUT2D eigenvalue weighted by atomic mass is 16.5. The molecular weight excluding hydrogens is 296 g/mol. The van der Waals surface area contributed by atoms with Crippen molar-refractivity contribution in [2.75, 3.05) is 26.2 Å². The molecule has 1 amide bonds. The van der Waals surface area contributed by atoms with E-state index in [1.165, 1.54) is 0 Å². The monoisotopic (exact) mass is 320 g/mol. The van der Waals surface area contributed by atoms with Crippen LogP contribution in [0.15, 0.2) is 22.8 Å². The van der Waals surface area contributed by atoms with Gasteiger partial charge in [-0.15, -0.1) is 0 Å². The molecule has 3 heterocycles. The second-order valence-corrected chi connectivity index (χ2v) is 6.35. The number of rotatable bonds is 6. The molecule has 1 unspecified atom stereocenters. The van der Waals surface area contributed by atoms with Crippen LogP contribution in [0.25, 0.3) is 0 Å². The Bertz CT molecular complexity index is 521. The minimum Gasteiger partial charge on any atom is -0.467 e. The van der Waals surface area contributed by atoms with Crippen molar-refractivity contribution in [2.24, 2.45) is 11.8 Å². The summed E-state index contributed by atoms with van der Waals surface area (Å²) < 4.78 is 10.2. The van der Waals surface area contributed by atoms with Crippen LogP contribution >= 0.6 is 0 Å². The SMILES string of the molecule is O=C(NCc1ccco1)C1CCN(CCC2CCOC2=O)CC1. The number of likely N-dealkylation sites (tertiary alicyclic amines) is 1. The van der Waals surface area contributed by atoms with Gasteiger partial charge in [0.25, 0.3) is 0 Å². The molecular formula is C17H24N2O4. The summed E-state index contributed by atoms with van der Waals surface area (Å²) in [5.41, 5.74) is 0. The number of carbonyl (C=O) groups is 2. The van der Waals surface area contributed by atoms with Crippen LogP contribution in [0.3, 0.4) is 0 Å². The summed E-state index contributed by atoms with van der Waals surface area (Å²) in [6.07, 6.45) is 5.08. The van der Waals surface area contributed by atoms with Crippen molar-refractivity contribution in [3.8, 4) is 0 Å². The summed E-state index contributed by atoms with van der Waals surface area (Å²) in [5, 5.41) is 2.94. The fourth-order valence-electron chi connectivity index (χ4n) is 3.29. The number of nitrogens with one attached hydrogen (secondary N) is 1. The van der Waals surface area contributed by atoms with E-state index in [2.05, 4.69) is 10.2 Å². The summed E-state index contributed by atoms with van der Waals surface area (Å²) in [7, 11) is 0. The minimum absolute atomic E-state index is 0.0443. The highest BCUT2D eigenvalue weighted by Gasteiger charge is 2.29. The lowest BCUT2D eigenvalue weighted by Crippen LogP contribution is -2.41. The van der Waals surface area contributed by atoms with Gasteiger partial charge in [-0.3, -0.25) is 9.59 Å². The van der Waals surface area contributed by atoms with Crippen molar-refractivity contribution >= 4 is 11.9 Å². The molecule has 6 nitrogen and oxygen atoms in total. The average molecular weight is 320 g/mol.